The highest BCUT2D eigenvalue weighted by molar-refractivity contribution is 9.25. The van der Waals surface area contributed by atoms with E-state index in [4.69, 9.17) is 0 Å². The van der Waals surface area contributed by atoms with Gasteiger partial charge in [-0.3, -0.25) is 0 Å². The van der Waals surface area contributed by atoms with Gasteiger partial charge in [-0.05, 0) is 0 Å². The normalized spacial score (nSPS) is 17.5. The summed E-state index contributed by atoms with van der Waals surface area (Å²) >= 11 is 20.5. The lowest BCUT2D eigenvalue weighted by molar-refractivity contribution is 0.481. The average molecular weight is 599 g/mol. The van der Waals surface area contributed by atoms with Crippen molar-refractivity contribution in [2.75, 3.05) is 6.67 Å². The predicted octanol–water partition coefficient (Wildman–Crippen LogP) is 4.36. The molecule has 0 N–H and O–H groups in total. The van der Waals surface area contributed by atoms with Crippen molar-refractivity contribution in [1.29, 1.82) is 0 Å². The fraction of sp³-hybridized carbons (Fsp3) is 0.667. The van der Waals surface area contributed by atoms with Crippen molar-refractivity contribution >= 4 is 107 Å². The second kappa shape index (κ2) is 6.82. The molecule has 1 aliphatic rings. The van der Waals surface area contributed by atoms with E-state index in [1.807, 2.05) is 4.90 Å². The standard InChI is InChI=1S/C6H5Br6N3/c7-2(8)4-13-1-15(6(11)12)5(14-4)3(9)10/h2-3,6H,1H2. The van der Waals surface area contributed by atoms with Gasteiger partial charge in [-0.2, -0.15) is 0 Å². The molecule has 0 atom stereocenters. The Labute approximate surface area is 138 Å². The molecular weight excluding hydrogens is 594 g/mol. The first-order valence-corrected chi connectivity index (χ1v) is 9.17. The SMILES string of the molecule is BrC(Br)C1=NCN(C(Br)Br)C(C(Br)Br)=N1. The van der Waals surface area contributed by atoms with E-state index in [0.717, 1.165) is 11.7 Å². The number of rotatable bonds is 3. The van der Waals surface area contributed by atoms with Crippen LogP contribution in [0.4, 0.5) is 0 Å². The lowest BCUT2D eigenvalue weighted by atomic mass is 10.5. The van der Waals surface area contributed by atoms with E-state index in [2.05, 4.69) is 106 Å². The molecule has 0 aromatic rings. The van der Waals surface area contributed by atoms with Gasteiger partial charge in [-0.1, -0.05) is 95.6 Å². The fourth-order valence-corrected chi connectivity index (χ4v) is 2.80. The highest BCUT2D eigenvalue weighted by atomic mass is 79.9. The summed E-state index contributed by atoms with van der Waals surface area (Å²) in [4.78, 5) is 10.7. The summed E-state index contributed by atoms with van der Waals surface area (Å²) in [5.41, 5.74) is 0. The van der Waals surface area contributed by atoms with E-state index >= 15 is 0 Å². The van der Waals surface area contributed by atoms with E-state index < -0.39 is 0 Å². The summed E-state index contributed by atoms with van der Waals surface area (Å²) in [5, 5.41) is 0. The van der Waals surface area contributed by atoms with Gasteiger partial charge in [0.1, 0.15) is 23.8 Å². The monoisotopic (exact) mass is 593 g/mol. The smallest absolute Gasteiger partial charge is 0.151 e. The van der Waals surface area contributed by atoms with Crippen LogP contribution in [0.15, 0.2) is 9.98 Å². The first-order chi connectivity index (χ1) is 6.93. The van der Waals surface area contributed by atoms with Gasteiger partial charge in [0, 0.05) is 0 Å². The maximum absolute atomic E-state index is 4.43. The second-order valence-electron chi connectivity index (χ2n) is 2.48. The fourth-order valence-electron chi connectivity index (χ4n) is 0.892. The van der Waals surface area contributed by atoms with Crippen molar-refractivity contribution in [2.24, 2.45) is 9.98 Å². The second-order valence-corrected chi connectivity index (χ2v) is 11.6. The summed E-state index contributed by atoms with van der Waals surface area (Å²) in [6, 6.07) is 0. The molecule has 86 valence electrons. The lowest BCUT2D eigenvalue weighted by Crippen LogP contribution is -2.41. The summed E-state index contributed by atoms with van der Waals surface area (Å²) in [6.45, 7) is 0.552. The number of halogens is 6. The minimum absolute atomic E-state index is 0.00755. The molecule has 9 heteroatoms. The van der Waals surface area contributed by atoms with Crippen LogP contribution in [0.3, 0.4) is 0 Å². The van der Waals surface area contributed by atoms with Gasteiger partial charge >= 0.3 is 0 Å². The molecule has 1 rings (SSSR count). The van der Waals surface area contributed by atoms with Crippen molar-refractivity contribution in [2.45, 2.75) is 11.3 Å². The van der Waals surface area contributed by atoms with Crippen molar-refractivity contribution in [1.82, 2.24) is 4.90 Å². The molecule has 0 saturated heterocycles. The van der Waals surface area contributed by atoms with Gasteiger partial charge < -0.3 is 4.90 Å². The largest absolute Gasteiger partial charge is 0.316 e. The molecule has 0 saturated carbocycles. The number of amidine groups is 2. The molecular formula is C6H5Br6N3. The Bertz CT molecular complexity index is 287. The zero-order chi connectivity index (χ0) is 11.6. The summed E-state index contributed by atoms with van der Waals surface area (Å²) in [6.07, 6.45) is 0. The topological polar surface area (TPSA) is 28.0 Å². The van der Waals surface area contributed by atoms with Crippen molar-refractivity contribution in [3.8, 4) is 0 Å². The molecule has 3 nitrogen and oxygen atoms in total. The van der Waals surface area contributed by atoms with Crippen LogP contribution in [-0.2, 0) is 0 Å². The van der Waals surface area contributed by atoms with Crippen LogP contribution in [0.25, 0.3) is 0 Å². The number of aliphatic imine (C=N–C) groups is 2. The molecule has 0 fully saturated rings. The molecule has 1 heterocycles. The Morgan fingerprint density at radius 1 is 1.00 bits per heavy atom. The summed E-state index contributed by atoms with van der Waals surface area (Å²) < 4.78 is -0.0207. The quantitative estimate of drug-likeness (QED) is 0.351. The molecule has 1 aliphatic heterocycles. The van der Waals surface area contributed by atoms with Gasteiger partial charge in [0.05, 0.1) is 0 Å². The molecule has 0 radical (unpaired) electrons. The van der Waals surface area contributed by atoms with Gasteiger partial charge in [0.15, 0.2) is 5.84 Å². The first-order valence-electron chi connectivity index (χ1n) is 3.67. The minimum atomic E-state index is -0.0231. The van der Waals surface area contributed by atoms with E-state index in [1.54, 1.807) is 0 Å². The minimum Gasteiger partial charge on any atom is -0.316 e. The van der Waals surface area contributed by atoms with Crippen LogP contribution in [0, 0.1) is 0 Å². The van der Waals surface area contributed by atoms with E-state index in [9.17, 15) is 0 Å². The van der Waals surface area contributed by atoms with E-state index in [0.29, 0.717) is 6.67 Å². The molecule has 0 amide bonds. The van der Waals surface area contributed by atoms with Crippen LogP contribution in [0.2, 0.25) is 0 Å². The highest BCUT2D eigenvalue weighted by Gasteiger charge is 2.26. The molecule has 15 heavy (non-hydrogen) atoms. The van der Waals surface area contributed by atoms with Gasteiger partial charge in [-0.15, -0.1) is 0 Å². The number of nitrogens with zero attached hydrogens (tertiary/aromatic N) is 3. The Morgan fingerprint density at radius 2 is 1.60 bits per heavy atom. The number of hydrogen-bond acceptors (Lipinski definition) is 3. The van der Waals surface area contributed by atoms with Gasteiger partial charge in [-0.25, -0.2) is 9.98 Å². The number of hydrogen-bond donors (Lipinski definition) is 0. The Balaban J connectivity index is 2.93. The van der Waals surface area contributed by atoms with Crippen molar-refractivity contribution in [3.05, 3.63) is 0 Å². The van der Waals surface area contributed by atoms with E-state index in [1.165, 1.54) is 0 Å². The number of alkyl halides is 6. The first kappa shape index (κ1) is 15.1. The van der Waals surface area contributed by atoms with Crippen molar-refractivity contribution < 1.29 is 0 Å². The zero-order valence-corrected chi connectivity index (χ0v) is 16.6. The molecule has 0 aliphatic carbocycles. The molecule has 0 spiro atoms. The van der Waals surface area contributed by atoms with Crippen LogP contribution >= 0.6 is 95.6 Å². The summed E-state index contributed by atoms with van der Waals surface area (Å²) in [5.74, 6) is 1.59. The summed E-state index contributed by atoms with van der Waals surface area (Å²) in [7, 11) is 0. The van der Waals surface area contributed by atoms with Gasteiger partial charge in [0.2, 0.25) is 0 Å². The average Bonchev–Trinajstić information content (AvgIpc) is 2.16. The molecule has 0 unspecified atom stereocenters. The third-order valence-corrected chi connectivity index (χ3v) is 4.16. The van der Waals surface area contributed by atoms with Crippen molar-refractivity contribution in [3.63, 3.8) is 0 Å². The van der Waals surface area contributed by atoms with E-state index in [-0.39, 0.29) is 11.3 Å². The lowest BCUT2D eigenvalue weighted by Gasteiger charge is -2.30. The maximum Gasteiger partial charge on any atom is 0.151 e. The Hall–Kier alpha value is 2.02. The Morgan fingerprint density at radius 3 is 2.00 bits per heavy atom. The van der Waals surface area contributed by atoms with Crippen LogP contribution in [0.5, 0.6) is 0 Å². The van der Waals surface area contributed by atoms with Crippen LogP contribution in [0.1, 0.15) is 0 Å². The third kappa shape index (κ3) is 4.31. The van der Waals surface area contributed by atoms with Crippen LogP contribution < -0.4 is 0 Å². The third-order valence-electron chi connectivity index (χ3n) is 1.53. The predicted molar refractivity (Wildman–Crippen MR) is 86.5 cm³/mol. The Kier molecular flexibility index (Phi) is 6.86. The highest BCUT2D eigenvalue weighted by Crippen LogP contribution is 2.25. The molecule has 0 bridgehead atoms. The van der Waals surface area contributed by atoms with Crippen LogP contribution in [-0.4, -0.2) is 34.6 Å². The zero-order valence-electron chi connectivity index (χ0n) is 7.05. The molecule has 0 aromatic heterocycles. The maximum atomic E-state index is 4.43. The molecule has 0 aromatic carbocycles. The van der Waals surface area contributed by atoms with Gasteiger partial charge in [0.25, 0.3) is 0 Å².